The summed E-state index contributed by atoms with van der Waals surface area (Å²) in [5, 5.41) is 2.95. The summed E-state index contributed by atoms with van der Waals surface area (Å²) in [6.07, 6.45) is 3.66. The standard InChI is InChI=1S/C21H26N2O2/c1-23-15-13-20(14-16-23)25-19-10-8-18(9-11-19)22-21(24)12-7-17-5-3-2-4-6-17/h2-6,8-11,20H,7,12-16H2,1H3,(H,22,24). The molecular formula is C21H26N2O2. The van der Waals surface area contributed by atoms with Crippen molar-refractivity contribution in [2.75, 3.05) is 25.5 Å². The molecule has 3 rings (SSSR count). The number of anilines is 1. The fraction of sp³-hybridized carbons (Fsp3) is 0.381. The van der Waals surface area contributed by atoms with Gasteiger partial charge >= 0.3 is 0 Å². The van der Waals surface area contributed by atoms with E-state index in [2.05, 4.69) is 17.3 Å². The first-order valence-corrected chi connectivity index (χ1v) is 8.98. The van der Waals surface area contributed by atoms with Gasteiger partial charge in [0.25, 0.3) is 0 Å². The third-order valence-electron chi connectivity index (χ3n) is 4.59. The Bertz CT molecular complexity index is 662. The third-order valence-corrected chi connectivity index (χ3v) is 4.59. The molecule has 0 radical (unpaired) electrons. The summed E-state index contributed by atoms with van der Waals surface area (Å²) in [7, 11) is 2.14. The van der Waals surface area contributed by atoms with Crippen molar-refractivity contribution in [3.8, 4) is 5.75 Å². The van der Waals surface area contributed by atoms with Crippen molar-refractivity contribution in [1.82, 2.24) is 4.90 Å². The predicted octanol–water partition coefficient (Wildman–Crippen LogP) is 3.73. The largest absolute Gasteiger partial charge is 0.490 e. The fourth-order valence-electron chi connectivity index (χ4n) is 3.04. The Kier molecular flexibility index (Phi) is 6.07. The Hall–Kier alpha value is -2.33. The lowest BCUT2D eigenvalue weighted by Crippen LogP contribution is -2.35. The molecule has 0 bridgehead atoms. The molecule has 1 aliphatic rings. The van der Waals surface area contributed by atoms with Gasteiger partial charge in [-0.1, -0.05) is 30.3 Å². The molecule has 4 nitrogen and oxygen atoms in total. The van der Waals surface area contributed by atoms with Gasteiger partial charge in [-0.25, -0.2) is 0 Å². The molecule has 0 aliphatic carbocycles. The second-order valence-corrected chi connectivity index (χ2v) is 6.68. The highest BCUT2D eigenvalue weighted by atomic mass is 16.5. The zero-order chi connectivity index (χ0) is 17.5. The van der Waals surface area contributed by atoms with Gasteiger partial charge in [0.1, 0.15) is 11.9 Å². The lowest BCUT2D eigenvalue weighted by molar-refractivity contribution is -0.116. The van der Waals surface area contributed by atoms with E-state index in [1.54, 1.807) is 0 Å². The molecule has 132 valence electrons. The average Bonchev–Trinajstić information content (AvgIpc) is 2.64. The van der Waals surface area contributed by atoms with Crippen LogP contribution < -0.4 is 10.1 Å². The van der Waals surface area contributed by atoms with E-state index in [-0.39, 0.29) is 5.91 Å². The van der Waals surface area contributed by atoms with Crippen LogP contribution in [0.2, 0.25) is 0 Å². The minimum absolute atomic E-state index is 0.0350. The number of benzene rings is 2. The minimum atomic E-state index is 0.0350. The van der Waals surface area contributed by atoms with Crippen molar-refractivity contribution in [2.45, 2.75) is 31.8 Å². The Morgan fingerprint density at radius 3 is 2.44 bits per heavy atom. The first-order chi connectivity index (χ1) is 12.2. The van der Waals surface area contributed by atoms with Crippen LogP contribution >= 0.6 is 0 Å². The van der Waals surface area contributed by atoms with E-state index in [1.807, 2.05) is 54.6 Å². The summed E-state index contributed by atoms with van der Waals surface area (Å²) in [6, 6.07) is 17.8. The maximum absolute atomic E-state index is 12.1. The lowest BCUT2D eigenvalue weighted by Gasteiger charge is -2.29. The summed E-state index contributed by atoms with van der Waals surface area (Å²) in [4.78, 5) is 14.4. The Morgan fingerprint density at radius 1 is 1.08 bits per heavy atom. The third kappa shape index (κ3) is 5.61. The number of nitrogens with one attached hydrogen (secondary N) is 1. The molecule has 4 heteroatoms. The SMILES string of the molecule is CN1CCC(Oc2ccc(NC(=O)CCc3ccccc3)cc2)CC1. The summed E-state index contributed by atoms with van der Waals surface area (Å²) in [5.74, 6) is 0.907. The molecule has 1 aliphatic heterocycles. The predicted molar refractivity (Wildman–Crippen MR) is 101 cm³/mol. The van der Waals surface area contributed by atoms with Crippen LogP contribution in [-0.2, 0) is 11.2 Å². The van der Waals surface area contributed by atoms with Gasteiger partial charge in [-0.3, -0.25) is 4.79 Å². The van der Waals surface area contributed by atoms with E-state index in [4.69, 9.17) is 4.74 Å². The zero-order valence-corrected chi connectivity index (χ0v) is 14.8. The molecule has 0 spiro atoms. The first-order valence-electron chi connectivity index (χ1n) is 8.98. The number of nitrogens with zero attached hydrogens (tertiary/aromatic N) is 1. The summed E-state index contributed by atoms with van der Waals surface area (Å²) < 4.78 is 6.03. The molecule has 0 aromatic heterocycles. The highest BCUT2D eigenvalue weighted by Crippen LogP contribution is 2.21. The molecule has 1 N–H and O–H groups in total. The Labute approximate surface area is 149 Å². The van der Waals surface area contributed by atoms with Gasteiger partial charge in [0.2, 0.25) is 5.91 Å². The summed E-state index contributed by atoms with van der Waals surface area (Å²) in [5.41, 5.74) is 1.99. The van der Waals surface area contributed by atoms with Crippen LogP contribution in [0.25, 0.3) is 0 Å². The molecule has 2 aromatic rings. The molecule has 0 saturated carbocycles. The molecule has 1 saturated heterocycles. The van der Waals surface area contributed by atoms with Crippen molar-refractivity contribution < 1.29 is 9.53 Å². The van der Waals surface area contributed by atoms with Gasteiger partial charge in [-0.2, -0.15) is 0 Å². The topological polar surface area (TPSA) is 41.6 Å². The van der Waals surface area contributed by atoms with Crippen molar-refractivity contribution in [3.63, 3.8) is 0 Å². The van der Waals surface area contributed by atoms with Crippen LogP contribution in [0.15, 0.2) is 54.6 Å². The van der Waals surface area contributed by atoms with E-state index in [9.17, 15) is 4.79 Å². The van der Waals surface area contributed by atoms with E-state index < -0.39 is 0 Å². The van der Waals surface area contributed by atoms with Crippen molar-refractivity contribution >= 4 is 11.6 Å². The number of likely N-dealkylation sites (tertiary alicyclic amines) is 1. The lowest BCUT2D eigenvalue weighted by atomic mass is 10.1. The number of hydrogen-bond acceptors (Lipinski definition) is 3. The molecular weight excluding hydrogens is 312 g/mol. The highest BCUT2D eigenvalue weighted by molar-refractivity contribution is 5.90. The summed E-state index contributed by atoms with van der Waals surface area (Å²) >= 11 is 0. The maximum atomic E-state index is 12.1. The number of carbonyl (C=O) groups is 1. The Balaban J connectivity index is 1.44. The van der Waals surface area contributed by atoms with Gasteiger partial charge in [-0.15, -0.1) is 0 Å². The highest BCUT2D eigenvalue weighted by Gasteiger charge is 2.17. The van der Waals surface area contributed by atoms with Crippen LogP contribution in [0, 0.1) is 0 Å². The molecule has 0 unspecified atom stereocenters. The van der Waals surface area contributed by atoms with E-state index in [0.717, 1.165) is 43.8 Å². The van der Waals surface area contributed by atoms with Crippen LogP contribution in [-0.4, -0.2) is 37.0 Å². The first kappa shape index (κ1) is 17.5. The van der Waals surface area contributed by atoms with Gasteiger partial charge in [0, 0.05) is 25.2 Å². The number of aryl methyl sites for hydroxylation is 1. The number of rotatable bonds is 6. The Morgan fingerprint density at radius 2 is 1.76 bits per heavy atom. The molecule has 1 amide bonds. The van der Waals surface area contributed by atoms with Crippen molar-refractivity contribution in [2.24, 2.45) is 0 Å². The van der Waals surface area contributed by atoms with E-state index in [1.165, 1.54) is 5.56 Å². The van der Waals surface area contributed by atoms with Gasteiger partial charge in [0.15, 0.2) is 0 Å². The number of carbonyl (C=O) groups excluding carboxylic acids is 1. The van der Waals surface area contributed by atoms with Crippen LogP contribution in [0.3, 0.4) is 0 Å². The van der Waals surface area contributed by atoms with Crippen LogP contribution in [0.4, 0.5) is 5.69 Å². The minimum Gasteiger partial charge on any atom is -0.490 e. The van der Waals surface area contributed by atoms with Gasteiger partial charge in [-0.05, 0) is 56.1 Å². The van der Waals surface area contributed by atoms with Crippen LogP contribution in [0.1, 0.15) is 24.8 Å². The molecule has 1 fully saturated rings. The molecule has 1 heterocycles. The second-order valence-electron chi connectivity index (χ2n) is 6.68. The maximum Gasteiger partial charge on any atom is 0.224 e. The average molecular weight is 338 g/mol. The molecule has 2 aromatic carbocycles. The van der Waals surface area contributed by atoms with Gasteiger partial charge < -0.3 is 15.0 Å². The van der Waals surface area contributed by atoms with E-state index in [0.29, 0.717) is 12.5 Å². The smallest absolute Gasteiger partial charge is 0.224 e. The number of hydrogen-bond donors (Lipinski definition) is 1. The molecule has 0 atom stereocenters. The summed E-state index contributed by atoms with van der Waals surface area (Å²) in [6.45, 7) is 2.17. The fourth-order valence-corrected chi connectivity index (χ4v) is 3.04. The monoisotopic (exact) mass is 338 g/mol. The second kappa shape index (κ2) is 8.67. The normalized spacial score (nSPS) is 15.7. The number of piperidine rings is 1. The number of ether oxygens (including phenoxy) is 1. The van der Waals surface area contributed by atoms with Gasteiger partial charge in [0.05, 0.1) is 0 Å². The van der Waals surface area contributed by atoms with Crippen molar-refractivity contribution in [1.29, 1.82) is 0 Å². The zero-order valence-electron chi connectivity index (χ0n) is 14.8. The van der Waals surface area contributed by atoms with Crippen LogP contribution in [0.5, 0.6) is 5.75 Å². The van der Waals surface area contributed by atoms with E-state index >= 15 is 0 Å². The van der Waals surface area contributed by atoms with Crippen molar-refractivity contribution in [3.05, 3.63) is 60.2 Å². The molecule has 25 heavy (non-hydrogen) atoms. The quantitative estimate of drug-likeness (QED) is 0.872. The number of amides is 1.